The Kier molecular flexibility index (Phi) is 4.99. The molecule has 2 rings (SSSR count). The summed E-state index contributed by atoms with van der Waals surface area (Å²) in [5.41, 5.74) is -0.768. The SMILES string of the molecule is FC(F)(F)C(OC(c1ccccc1)C(F)(F)F)c1ccccc1. The van der Waals surface area contributed by atoms with E-state index in [9.17, 15) is 26.3 Å². The molecule has 23 heavy (non-hydrogen) atoms. The summed E-state index contributed by atoms with van der Waals surface area (Å²) < 4.78 is 83.6. The van der Waals surface area contributed by atoms with Gasteiger partial charge in [-0.15, -0.1) is 0 Å². The van der Waals surface area contributed by atoms with Crippen LogP contribution >= 0.6 is 0 Å². The van der Waals surface area contributed by atoms with Gasteiger partial charge in [0.05, 0.1) is 0 Å². The second-order valence-corrected chi connectivity index (χ2v) is 4.80. The molecule has 2 atom stereocenters. The minimum Gasteiger partial charge on any atom is -0.347 e. The van der Waals surface area contributed by atoms with Crippen LogP contribution in [-0.4, -0.2) is 12.4 Å². The highest BCUT2D eigenvalue weighted by Crippen LogP contribution is 2.44. The van der Waals surface area contributed by atoms with Gasteiger partial charge in [0.1, 0.15) is 0 Å². The van der Waals surface area contributed by atoms with Gasteiger partial charge in [-0.1, -0.05) is 60.7 Å². The lowest BCUT2D eigenvalue weighted by Gasteiger charge is -2.28. The van der Waals surface area contributed by atoms with E-state index >= 15 is 0 Å². The van der Waals surface area contributed by atoms with Crippen molar-refractivity contribution in [2.24, 2.45) is 0 Å². The maximum atomic E-state index is 13.2. The Hall–Kier alpha value is -2.02. The molecule has 124 valence electrons. The topological polar surface area (TPSA) is 9.23 Å². The fraction of sp³-hybridized carbons (Fsp3) is 0.250. The fourth-order valence-electron chi connectivity index (χ4n) is 2.08. The van der Waals surface area contributed by atoms with Crippen molar-refractivity contribution in [3.05, 3.63) is 71.8 Å². The molecule has 0 fully saturated rings. The van der Waals surface area contributed by atoms with Gasteiger partial charge in [-0.3, -0.25) is 0 Å². The third-order valence-electron chi connectivity index (χ3n) is 3.07. The van der Waals surface area contributed by atoms with E-state index < -0.39 is 24.6 Å². The van der Waals surface area contributed by atoms with Gasteiger partial charge in [-0.25, -0.2) is 0 Å². The van der Waals surface area contributed by atoms with E-state index in [1.54, 1.807) is 0 Å². The first-order valence-corrected chi connectivity index (χ1v) is 6.58. The van der Waals surface area contributed by atoms with Crippen LogP contribution in [0.3, 0.4) is 0 Å². The van der Waals surface area contributed by atoms with Crippen LogP contribution in [0.1, 0.15) is 23.3 Å². The number of alkyl halides is 6. The van der Waals surface area contributed by atoms with Gasteiger partial charge in [-0.05, 0) is 11.1 Å². The summed E-state index contributed by atoms with van der Waals surface area (Å²) in [5, 5.41) is 0. The molecule has 0 N–H and O–H groups in total. The minimum absolute atomic E-state index is 0.384. The molecule has 7 heteroatoms. The highest BCUT2D eigenvalue weighted by molar-refractivity contribution is 5.22. The van der Waals surface area contributed by atoms with Gasteiger partial charge in [0.25, 0.3) is 0 Å². The predicted octanol–water partition coefficient (Wildman–Crippen LogP) is 5.61. The van der Waals surface area contributed by atoms with Gasteiger partial charge in [0.15, 0.2) is 12.2 Å². The second-order valence-electron chi connectivity index (χ2n) is 4.80. The number of hydrogen-bond donors (Lipinski definition) is 0. The van der Waals surface area contributed by atoms with Crippen LogP contribution in [0.15, 0.2) is 60.7 Å². The Balaban J connectivity index is 2.39. The predicted molar refractivity (Wildman–Crippen MR) is 71.6 cm³/mol. The number of halogens is 6. The van der Waals surface area contributed by atoms with Crippen LogP contribution in [0, 0.1) is 0 Å². The Morgan fingerprint density at radius 3 is 1.13 bits per heavy atom. The summed E-state index contributed by atoms with van der Waals surface area (Å²) in [6.07, 6.45) is -15.3. The summed E-state index contributed by atoms with van der Waals surface area (Å²) >= 11 is 0. The molecule has 2 aromatic carbocycles. The summed E-state index contributed by atoms with van der Waals surface area (Å²) in [6, 6.07) is 12.5. The molecule has 0 radical (unpaired) electrons. The summed E-state index contributed by atoms with van der Waals surface area (Å²) in [4.78, 5) is 0. The molecule has 0 bridgehead atoms. The Labute approximate surface area is 128 Å². The fourth-order valence-corrected chi connectivity index (χ4v) is 2.08. The Morgan fingerprint density at radius 2 is 0.870 bits per heavy atom. The average molecular weight is 334 g/mol. The summed E-state index contributed by atoms with van der Waals surface area (Å²) in [6.45, 7) is 0. The first-order chi connectivity index (χ1) is 10.7. The van der Waals surface area contributed by atoms with Crippen LogP contribution in [0.25, 0.3) is 0 Å². The van der Waals surface area contributed by atoms with E-state index in [0.717, 1.165) is 24.3 Å². The van der Waals surface area contributed by atoms with E-state index in [2.05, 4.69) is 4.74 Å². The van der Waals surface area contributed by atoms with Crippen molar-refractivity contribution < 1.29 is 31.1 Å². The normalized spacial score (nSPS) is 15.2. The number of benzene rings is 2. The zero-order valence-corrected chi connectivity index (χ0v) is 11.6. The number of hydrogen-bond acceptors (Lipinski definition) is 1. The van der Waals surface area contributed by atoms with Crippen LogP contribution in [0.2, 0.25) is 0 Å². The number of rotatable bonds is 4. The Bertz CT molecular complexity index is 550. The molecule has 0 amide bonds. The first-order valence-electron chi connectivity index (χ1n) is 6.58. The van der Waals surface area contributed by atoms with Crippen molar-refractivity contribution in [3.8, 4) is 0 Å². The van der Waals surface area contributed by atoms with Crippen molar-refractivity contribution in [1.29, 1.82) is 0 Å². The third kappa shape index (κ3) is 4.48. The molecule has 1 nitrogen and oxygen atoms in total. The quantitative estimate of drug-likeness (QED) is 0.660. The Morgan fingerprint density at radius 1 is 0.565 bits per heavy atom. The van der Waals surface area contributed by atoms with Crippen molar-refractivity contribution in [2.75, 3.05) is 0 Å². The minimum atomic E-state index is -4.97. The monoisotopic (exact) mass is 334 g/mol. The van der Waals surface area contributed by atoms with Crippen LogP contribution in [0.5, 0.6) is 0 Å². The maximum Gasteiger partial charge on any atom is 0.418 e. The van der Waals surface area contributed by atoms with Gasteiger partial charge in [-0.2, -0.15) is 26.3 Å². The van der Waals surface area contributed by atoms with E-state index in [0.29, 0.717) is 0 Å². The molecule has 0 saturated carbocycles. The largest absolute Gasteiger partial charge is 0.418 e. The van der Waals surface area contributed by atoms with E-state index in [1.165, 1.54) is 36.4 Å². The van der Waals surface area contributed by atoms with Crippen molar-refractivity contribution in [2.45, 2.75) is 24.6 Å². The molecule has 0 aliphatic heterocycles. The molecule has 2 unspecified atom stereocenters. The zero-order valence-electron chi connectivity index (χ0n) is 11.6. The highest BCUT2D eigenvalue weighted by Gasteiger charge is 2.49. The molecule has 0 aromatic heterocycles. The lowest BCUT2D eigenvalue weighted by Crippen LogP contribution is -2.31. The van der Waals surface area contributed by atoms with Crippen molar-refractivity contribution in [1.82, 2.24) is 0 Å². The molecule has 0 saturated heterocycles. The highest BCUT2D eigenvalue weighted by atomic mass is 19.4. The molecular formula is C16H12F6O. The van der Waals surface area contributed by atoms with Gasteiger partial charge in [0.2, 0.25) is 0 Å². The first kappa shape index (κ1) is 17.3. The molecule has 0 spiro atoms. The standard InChI is InChI=1S/C16H12F6O/c17-15(18,19)13(11-7-3-1-4-8-11)23-14(16(20,21)22)12-9-5-2-6-10-12/h1-10,13-14H. The van der Waals surface area contributed by atoms with Crippen molar-refractivity contribution >= 4 is 0 Å². The zero-order chi connectivity index (χ0) is 17.1. The van der Waals surface area contributed by atoms with Gasteiger partial charge >= 0.3 is 12.4 Å². The molecule has 2 aromatic rings. The van der Waals surface area contributed by atoms with E-state index in [4.69, 9.17) is 0 Å². The second kappa shape index (κ2) is 6.62. The average Bonchev–Trinajstić information content (AvgIpc) is 2.47. The van der Waals surface area contributed by atoms with Crippen LogP contribution in [-0.2, 0) is 4.74 Å². The van der Waals surface area contributed by atoms with Gasteiger partial charge < -0.3 is 4.74 Å². The molecular weight excluding hydrogens is 322 g/mol. The molecule has 0 heterocycles. The lowest BCUT2D eigenvalue weighted by atomic mass is 10.1. The van der Waals surface area contributed by atoms with E-state index in [-0.39, 0.29) is 11.1 Å². The smallest absolute Gasteiger partial charge is 0.347 e. The summed E-state index contributed by atoms with van der Waals surface area (Å²) in [7, 11) is 0. The van der Waals surface area contributed by atoms with Crippen molar-refractivity contribution in [3.63, 3.8) is 0 Å². The lowest BCUT2D eigenvalue weighted by molar-refractivity contribution is -0.292. The number of ether oxygens (including phenoxy) is 1. The van der Waals surface area contributed by atoms with Crippen LogP contribution in [0.4, 0.5) is 26.3 Å². The van der Waals surface area contributed by atoms with E-state index in [1.807, 2.05) is 0 Å². The van der Waals surface area contributed by atoms with Gasteiger partial charge in [0, 0.05) is 0 Å². The molecule has 0 aliphatic carbocycles. The molecule has 0 aliphatic rings. The summed E-state index contributed by atoms with van der Waals surface area (Å²) in [5.74, 6) is 0. The van der Waals surface area contributed by atoms with Crippen LogP contribution < -0.4 is 0 Å². The maximum absolute atomic E-state index is 13.2. The third-order valence-corrected chi connectivity index (χ3v) is 3.07.